The molecule has 0 saturated heterocycles. The Morgan fingerprint density at radius 2 is 1.77 bits per heavy atom. The molecule has 26 heavy (non-hydrogen) atoms. The number of rotatable bonds is 7. The first-order valence-electron chi connectivity index (χ1n) is 8.06. The van der Waals surface area contributed by atoms with E-state index < -0.39 is 39.5 Å². The molecule has 0 heterocycles. The molecule has 0 bridgehead atoms. The molecule has 8 heteroatoms. The maximum atomic E-state index is 12.6. The van der Waals surface area contributed by atoms with Crippen molar-refractivity contribution < 1.29 is 26.9 Å². The van der Waals surface area contributed by atoms with Crippen molar-refractivity contribution in [3.8, 4) is 0 Å². The Bertz CT molecular complexity index is 664. The number of halogens is 3. The van der Waals surface area contributed by atoms with E-state index in [0.717, 1.165) is 12.1 Å². The van der Waals surface area contributed by atoms with Crippen molar-refractivity contribution in [3.05, 3.63) is 42.0 Å². The third-order valence-corrected chi connectivity index (χ3v) is 5.06. The quantitative estimate of drug-likeness (QED) is 0.712. The molecule has 4 nitrogen and oxygen atoms in total. The molecule has 0 amide bonds. The monoisotopic (exact) mass is 391 g/mol. The smallest absolute Gasteiger partial charge is 0.416 e. The summed E-state index contributed by atoms with van der Waals surface area (Å²) in [7, 11) is -1.52. The molecule has 1 rings (SSSR count). The predicted octanol–water partition coefficient (Wildman–Crippen LogP) is 4.09. The second-order valence-corrected chi connectivity index (χ2v) is 8.68. The number of esters is 1. The minimum Gasteiger partial charge on any atom is -0.465 e. The lowest BCUT2D eigenvalue weighted by molar-refractivity contribution is -0.145. The predicted molar refractivity (Wildman–Crippen MR) is 96.5 cm³/mol. The molecule has 0 saturated carbocycles. The van der Waals surface area contributed by atoms with Crippen LogP contribution in [-0.4, -0.2) is 27.6 Å². The third-order valence-electron chi connectivity index (χ3n) is 3.45. The van der Waals surface area contributed by atoms with Gasteiger partial charge in [-0.05, 0) is 57.4 Å². The summed E-state index contributed by atoms with van der Waals surface area (Å²) in [5.74, 6) is -0.585. The second-order valence-electron chi connectivity index (χ2n) is 6.69. The summed E-state index contributed by atoms with van der Waals surface area (Å²) in [6.45, 7) is 10.9. The van der Waals surface area contributed by atoms with E-state index in [1.165, 1.54) is 12.1 Å². The topological polar surface area (TPSA) is 55.4 Å². The van der Waals surface area contributed by atoms with Gasteiger partial charge >= 0.3 is 12.1 Å². The van der Waals surface area contributed by atoms with Crippen LogP contribution in [0, 0.1) is 0 Å². The molecule has 0 aliphatic carbocycles. The van der Waals surface area contributed by atoms with Crippen molar-refractivity contribution in [2.75, 3.05) is 6.61 Å². The van der Waals surface area contributed by atoms with E-state index in [9.17, 15) is 22.2 Å². The molecule has 0 spiro atoms. The van der Waals surface area contributed by atoms with Crippen molar-refractivity contribution >= 4 is 22.5 Å². The molecule has 0 fully saturated rings. The number of hydrogen-bond acceptors (Lipinski definition) is 3. The molecule has 1 aromatic rings. The van der Waals surface area contributed by atoms with Crippen LogP contribution in [0.15, 0.2) is 30.8 Å². The first-order chi connectivity index (χ1) is 11.9. The molecule has 1 N–H and O–H groups in total. The molecule has 0 aliphatic heterocycles. The SMILES string of the molecule is C=C(C[C@@H](N[S@](=O)C(C)(C)C)C(=O)OCC)c1ccc(C(F)(F)F)cc1. The fourth-order valence-corrected chi connectivity index (χ4v) is 2.77. The van der Waals surface area contributed by atoms with E-state index >= 15 is 0 Å². The minimum absolute atomic E-state index is 0.0615. The molecule has 146 valence electrons. The Labute approximate surface area is 154 Å². The van der Waals surface area contributed by atoms with E-state index in [4.69, 9.17) is 4.74 Å². The maximum Gasteiger partial charge on any atom is 0.416 e. The lowest BCUT2D eigenvalue weighted by atomic mass is 9.99. The first kappa shape index (κ1) is 22.4. The largest absolute Gasteiger partial charge is 0.465 e. The van der Waals surface area contributed by atoms with Crippen molar-refractivity contribution in [1.29, 1.82) is 0 Å². The van der Waals surface area contributed by atoms with Gasteiger partial charge in [0, 0.05) is 0 Å². The Balaban J connectivity index is 2.94. The fourth-order valence-electron chi connectivity index (χ4n) is 1.98. The van der Waals surface area contributed by atoms with Gasteiger partial charge in [-0.15, -0.1) is 0 Å². The van der Waals surface area contributed by atoms with E-state index in [1.54, 1.807) is 27.7 Å². The normalized spacial score (nSPS) is 14.6. The highest BCUT2D eigenvalue weighted by Gasteiger charge is 2.31. The Hall–Kier alpha value is -1.67. The fraction of sp³-hybridized carbons (Fsp3) is 0.500. The minimum atomic E-state index is -4.42. The molecule has 1 aromatic carbocycles. The summed E-state index contributed by atoms with van der Waals surface area (Å²) in [5.41, 5.74) is 0.147. The Morgan fingerprint density at radius 1 is 1.23 bits per heavy atom. The summed E-state index contributed by atoms with van der Waals surface area (Å²) in [6, 6.07) is 3.61. The van der Waals surface area contributed by atoms with Crippen molar-refractivity contribution in [2.45, 2.75) is 51.1 Å². The number of hydrogen-bond donors (Lipinski definition) is 1. The highest BCUT2D eigenvalue weighted by Crippen LogP contribution is 2.30. The summed E-state index contributed by atoms with van der Waals surface area (Å²) >= 11 is 0. The zero-order valence-corrected chi connectivity index (χ0v) is 16.1. The number of carbonyl (C=O) groups excluding carboxylic acids is 1. The van der Waals surface area contributed by atoms with Gasteiger partial charge in [0.15, 0.2) is 0 Å². The summed E-state index contributed by atoms with van der Waals surface area (Å²) in [5, 5.41) is 0. The van der Waals surface area contributed by atoms with Crippen LogP contribution in [0.3, 0.4) is 0 Å². The van der Waals surface area contributed by atoms with Gasteiger partial charge in [-0.2, -0.15) is 13.2 Å². The maximum absolute atomic E-state index is 12.6. The zero-order chi connectivity index (χ0) is 20.1. The number of nitrogens with one attached hydrogen (secondary N) is 1. The zero-order valence-electron chi connectivity index (χ0n) is 15.3. The number of ether oxygens (including phenoxy) is 1. The van der Waals surface area contributed by atoms with Crippen LogP contribution < -0.4 is 4.72 Å². The van der Waals surface area contributed by atoms with E-state index in [1.807, 2.05) is 0 Å². The van der Waals surface area contributed by atoms with Gasteiger partial charge in [-0.25, -0.2) is 8.93 Å². The number of benzene rings is 1. The number of carbonyl (C=O) groups is 1. The second kappa shape index (κ2) is 8.81. The van der Waals surface area contributed by atoms with Crippen molar-refractivity contribution in [2.24, 2.45) is 0 Å². The van der Waals surface area contributed by atoms with Gasteiger partial charge in [0.25, 0.3) is 0 Å². The van der Waals surface area contributed by atoms with Crippen molar-refractivity contribution in [1.82, 2.24) is 4.72 Å². The third kappa shape index (κ3) is 6.57. The van der Waals surface area contributed by atoms with Crippen molar-refractivity contribution in [3.63, 3.8) is 0 Å². The van der Waals surface area contributed by atoms with Gasteiger partial charge in [-0.3, -0.25) is 4.79 Å². The van der Waals surface area contributed by atoms with Gasteiger partial charge in [-0.1, -0.05) is 18.7 Å². The van der Waals surface area contributed by atoms with E-state index in [2.05, 4.69) is 11.3 Å². The standard InChI is InChI=1S/C18H24F3NO3S/c1-6-25-16(23)15(22-26(24)17(3,4)5)11-12(2)13-7-9-14(10-8-13)18(19,20)21/h7-10,15,22H,2,6,11H2,1,3-5H3/t15-,26-/m1/s1. The van der Waals surface area contributed by atoms with Crippen LogP contribution in [-0.2, 0) is 26.7 Å². The van der Waals surface area contributed by atoms with Crippen LogP contribution in [0.25, 0.3) is 5.57 Å². The van der Waals surface area contributed by atoms with E-state index in [-0.39, 0.29) is 13.0 Å². The summed E-state index contributed by atoms with van der Waals surface area (Å²) in [6.07, 6.45) is -4.36. The molecule has 0 radical (unpaired) electrons. The molecular weight excluding hydrogens is 367 g/mol. The van der Waals surface area contributed by atoms with E-state index in [0.29, 0.717) is 11.1 Å². The van der Waals surface area contributed by atoms with Gasteiger partial charge in [0.1, 0.15) is 6.04 Å². The van der Waals surface area contributed by atoms with Gasteiger partial charge < -0.3 is 4.74 Å². The van der Waals surface area contributed by atoms with Crippen LogP contribution in [0.5, 0.6) is 0 Å². The average molecular weight is 391 g/mol. The Kier molecular flexibility index (Phi) is 7.58. The lowest BCUT2D eigenvalue weighted by Crippen LogP contribution is -2.44. The molecule has 0 unspecified atom stereocenters. The average Bonchev–Trinajstić information content (AvgIpc) is 2.52. The molecule has 2 atom stereocenters. The first-order valence-corrected chi connectivity index (χ1v) is 9.21. The van der Waals surface area contributed by atoms with Gasteiger partial charge in [0.2, 0.25) is 0 Å². The van der Waals surface area contributed by atoms with Crippen LogP contribution >= 0.6 is 0 Å². The Morgan fingerprint density at radius 3 is 2.19 bits per heavy atom. The number of alkyl halides is 3. The molecule has 0 aliphatic rings. The van der Waals surface area contributed by atoms with Crippen LogP contribution in [0.1, 0.15) is 45.2 Å². The highest BCUT2D eigenvalue weighted by molar-refractivity contribution is 7.84. The van der Waals surface area contributed by atoms with Gasteiger partial charge in [0.05, 0.1) is 27.9 Å². The summed E-state index contributed by atoms with van der Waals surface area (Å²) < 4.78 is 57.4. The molecule has 0 aromatic heterocycles. The highest BCUT2D eigenvalue weighted by atomic mass is 32.2. The lowest BCUT2D eigenvalue weighted by Gasteiger charge is -2.23. The summed E-state index contributed by atoms with van der Waals surface area (Å²) in [4.78, 5) is 12.1. The molecular formula is C18H24F3NO3S. The van der Waals surface area contributed by atoms with Crippen LogP contribution in [0.4, 0.5) is 13.2 Å². The van der Waals surface area contributed by atoms with Crippen LogP contribution in [0.2, 0.25) is 0 Å².